The molecule has 0 saturated carbocycles. The predicted octanol–water partition coefficient (Wildman–Crippen LogP) is 1.76. The topological polar surface area (TPSA) is 64.3 Å². The van der Waals surface area contributed by atoms with Gasteiger partial charge in [-0.25, -0.2) is 0 Å². The molecule has 18 heavy (non-hydrogen) atoms. The number of hydrogen-bond donors (Lipinski definition) is 2. The van der Waals surface area contributed by atoms with Crippen molar-refractivity contribution in [3.8, 4) is 0 Å². The molecule has 1 atom stereocenters. The minimum absolute atomic E-state index is 0.0400. The quantitative estimate of drug-likeness (QED) is 0.801. The highest BCUT2D eigenvalue weighted by Gasteiger charge is 2.37. The number of nitrogen functional groups attached to an aromatic ring is 1. The average Bonchev–Trinajstić information content (AvgIpc) is 2.79. The first-order valence-electron chi connectivity index (χ1n) is 6.29. The third-order valence-corrected chi connectivity index (χ3v) is 3.63. The van der Waals surface area contributed by atoms with Crippen molar-refractivity contribution in [2.75, 3.05) is 12.3 Å². The van der Waals surface area contributed by atoms with Gasteiger partial charge in [0.1, 0.15) is 5.60 Å². The molecule has 98 valence electrons. The van der Waals surface area contributed by atoms with E-state index < -0.39 is 5.60 Å². The summed E-state index contributed by atoms with van der Waals surface area (Å²) in [5.74, 6) is -0.0400. The Kier molecular flexibility index (Phi) is 3.57. The number of carbonyl (C=O) groups is 1. The molecule has 1 fully saturated rings. The SMILES string of the molecule is Cc1c(N)cccc1CNC(=O)C1(C)CCCO1. The maximum Gasteiger partial charge on any atom is 0.252 e. The molecule has 0 bridgehead atoms. The monoisotopic (exact) mass is 248 g/mol. The summed E-state index contributed by atoms with van der Waals surface area (Å²) >= 11 is 0. The van der Waals surface area contributed by atoms with Gasteiger partial charge in [0.2, 0.25) is 0 Å². The molecule has 4 nitrogen and oxygen atoms in total. The van der Waals surface area contributed by atoms with Crippen LogP contribution in [0.25, 0.3) is 0 Å². The summed E-state index contributed by atoms with van der Waals surface area (Å²) < 4.78 is 5.51. The van der Waals surface area contributed by atoms with Crippen LogP contribution in [0.15, 0.2) is 18.2 Å². The first-order chi connectivity index (χ1) is 8.53. The summed E-state index contributed by atoms with van der Waals surface area (Å²) in [6, 6.07) is 5.74. The highest BCUT2D eigenvalue weighted by atomic mass is 16.5. The minimum Gasteiger partial charge on any atom is -0.399 e. The van der Waals surface area contributed by atoms with Crippen molar-refractivity contribution < 1.29 is 9.53 Å². The summed E-state index contributed by atoms with van der Waals surface area (Å²) in [6.07, 6.45) is 1.73. The average molecular weight is 248 g/mol. The van der Waals surface area contributed by atoms with E-state index in [0.717, 1.165) is 29.7 Å². The van der Waals surface area contributed by atoms with Gasteiger partial charge < -0.3 is 15.8 Å². The second-order valence-electron chi connectivity index (χ2n) is 5.00. The highest BCUT2D eigenvalue weighted by Crippen LogP contribution is 2.25. The molecule has 0 radical (unpaired) electrons. The molecule has 1 unspecified atom stereocenters. The van der Waals surface area contributed by atoms with E-state index in [1.807, 2.05) is 32.0 Å². The summed E-state index contributed by atoms with van der Waals surface area (Å²) in [6.45, 7) is 4.97. The molecule has 1 saturated heterocycles. The van der Waals surface area contributed by atoms with Crippen LogP contribution in [-0.2, 0) is 16.1 Å². The van der Waals surface area contributed by atoms with Crippen molar-refractivity contribution in [2.24, 2.45) is 0 Å². The molecule has 1 heterocycles. The Morgan fingerprint density at radius 2 is 2.33 bits per heavy atom. The molecule has 4 heteroatoms. The molecule has 1 aliphatic heterocycles. The Hall–Kier alpha value is -1.55. The normalized spacial score (nSPS) is 23.0. The number of benzene rings is 1. The molecule has 1 aliphatic rings. The summed E-state index contributed by atoms with van der Waals surface area (Å²) in [5, 5.41) is 2.93. The molecule has 0 aliphatic carbocycles. The number of carbonyl (C=O) groups excluding carboxylic acids is 1. The molecule has 1 amide bonds. The lowest BCUT2D eigenvalue weighted by atomic mass is 10.0. The van der Waals surface area contributed by atoms with Crippen LogP contribution in [0.4, 0.5) is 5.69 Å². The maximum absolute atomic E-state index is 12.1. The Morgan fingerprint density at radius 3 is 3.00 bits per heavy atom. The predicted molar refractivity (Wildman–Crippen MR) is 71.0 cm³/mol. The Morgan fingerprint density at radius 1 is 1.56 bits per heavy atom. The van der Waals surface area contributed by atoms with Crippen LogP contribution in [0.1, 0.15) is 30.9 Å². The Balaban J connectivity index is 1.99. The number of nitrogens with two attached hydrogens (primary N) is 1. The van der Waals surface area contributed by atoms with Crippen molar-refractivity contribution in [2.45, 2.75) is 38.8 Å². The zero-order valence-corrected chi connectivity index (χ0v) is 11.0. The van der Waals surface area contributed by atoms with E-state index in [0.29, 0.717) is 13.2 Å². The van der Waals surface area contributed by atoms with Crippen LogP contribution >= 0.6 is 0 Å². The second kappa shape index (κ2) is 4.98. The lowest BCUT2D eigenvalue weighted by Gasteiger charge is -2.22. The molecule has 3 N–H and O–H groups in total. The summed E-state index contributed by atoms with van der Waals surface area (Å²) in [4.78, 5) is 12.1. The first-order valence-corrected chi connectivity index (χ1v) is 6.29. The van der Waals surface area contributed by atoms with Crippen molar-refractivity contribution in [3.05, 3.63) is 29.3 Å². The van der Waals surface area contributed by atoms with E-state index >= 15 is 0 Å². The van der Waals surface area contributed by atoms with Crippen LogP contribution < -0.4 is 11.1 Å². The van der Waals surface area contributed by atoms with E-state index in [2.05, 4.69) is 5.32 Å². The highest BCUT2D eigenvalue weighted by molar-refractivity contribution is 5.85. The third kappa shape index (κ3) is 2.48. The van der Waals surface area contributed by atoms with Gasteiger partial charge >= 0.3 is 0 Å². The van der Waals surface area contributed by atoms with Gasteiger partial charge in [0, 0.05) is 18.8 Å². The standard InChI is InChI=1S/C14H20N2O2/c1-10-11(5-3-6-12(10)15)9-16-13(17)14(2)7-4-8-18-14/h3,5-6H,4,7-9,15H2,1-2H3,(H,16,17). The van der Waals surface area contributed by atoms with Crippen molar-refractivity contribution in [1.29, 1.82) is 0 Å². The summed E-state index contributed by atoms with van der Waals surface area (Å²) in [5.41, 5.74) is 8.00. The van der Waals surface area contributed by atoms with Crippen LogP contribution in [0.2, 0.25) is 0 Å². The zero-order chi connectivity index (χ0) is 13.2. The van der Waals surface area contributed by atoms with Gasteiger partial charge in [0.25, 0.3) is 5.91 Å². The zero-order valence-electron chi connectivity index (χ0n) is 11.0. The van der Waals surface area contributed by atoms with E-state index in [9.17, 15) is 4.79 Å². The molecular weight excluding hydrogens is 228 g/mol. The van der Waals surface area contributed by atoms with Crippen LogP contribution in [0.5, 0.6) is 0 Å². The van der Waals surface area contributed by atoms with Crippen LogP contribution in [0, 0.1) is 6.92 Å². The fourth-order valence-electron chi connectivity index (χ4n) is 2.22. The van der Waals surface area contributed by atoms with Gasteiger partial charge in [-0.3, -0.25) is 4.79 Å². The van der Waals surface area contributed by atoms with Crippen molar-refractivity contribution in [1.82, 2.24) is 5.32 Å². The van der Waals surface area contributed by atoms with E-state index in [4.69, 9.17) is 10.5 Å². The molecule has 0 aromatic heterocycles. The number of ether oxygens (including phenoxy) is 1. The number of amides is 1. The van der Waals surface area contributed by atoms with Gasteiger partial charge in [-0.15, -0.1) is 0 Å². The smallest absolute Gasteiger partial charge is 0.252 e. The second-order valence-corrected chi connectivity index (χ2v) is 5.00. The van der Waals surface area contributed by atoms with Gasteiger partial charge in [-0.1, -0.05) is 12.1 Å². The third-order valence-electron chi connectivity index (χ3n) is 3.63. The lowest BCUT2D eigenvalue weighted by molar-refractivity contribution is -0.139. The van der Waals surface area contributed by atoms with Crippen molar-refractivity contribution in [3.63, 3.8) is 0 Å². The minimum atomic E-state index is -0.659. The number of hydrogen-bond acceptors (Lipinski definition) is 3. The molecular formula is C14H20N2O2. The first kappa shape index (κ1) is 12.9. The number of rotatable bonds is 3. The van der Waals surface area contributed by atoms with Crippen molar-refractivity contribution >= 4 is 11.6 Å². The van der Waals surface area contributed by atoms with E-state index in [1.165, 1.54) is 0 Å². The van der Waals surface area contributed by atoms with Crippen LogP contribution in [-0.4, -0.2) is 18.1 Å². The van der Waals surface area contributed by atoms with Gasteiger partial charge in [-0.05, 0) is 43.9 Å². The van der Waals surface area contributed by atoms with E-state index in [-0.39, 0.29) is 5.91 Å². The summed E-state index contributed by atoms with van der Waals surface area (Å²) in [7, 11) is 0. The fourth-order valence-corrected chi connectivity index (χ4v) is 2.22. The van der Waals surface area contributed by atoms with Crippen LogP contribution in [0.3, 0.4) is 0 Å². The largest absolute Gasteiger partial charge is 0.399 e. The van der Waals surface area contributed by atoms with Gasteiger partial charge in [0.15, 0.2) is 0 Å². The number of nitrogens with one attached hydrogen (secondary N) is 1. The Labute approximate surface area is 108 Å². The van der Waals surface area contributed by atoms with Gasteiger partial charge in [0.05, 0.1) is 0 Å². The molecule has 1 aromatic carbocycles. The lowest BCUT2D eigenvalue weighted by Crippen LogP contribution is -2.43. The molecule has 2 rings (SSSR count). The fraction of sp³-hybridized carbons (Fsp3) is 0.500. The maximum atomic E-state index is 12.1. The van der Waals surface area contributed by atoms with E-state index in [1.54, 1.807) is 0 Å². The molecule has 1 aromatic rings. The molecule has 0 spiro atoms. The number of anilines is 1. The Bertz CT molecular complexity index is 451. The van der Waals surface area contributed by atoms with Gasteiger partial charge in [-0.2, -0.15) is 0 Å².